The summed E-state index contributed by atoms with van der Waals surface area (Å²) < 4.78 is 22.0. The maximum Gasteiger partial charge on any atom is 0.254 e. The zero-order chi connectivity index (χ0) is 34.6. The van der Waals surface area contributed by atoms with Gasteiger partial charge in [-0.3, -0.25) is 19.3 Å². The lowest BCUT2D eigenvalue weighted by molar-refractivity contribution is -0.134. The van der Waals surface area contributed by atoms with Crippen molar-refractivity contribution in [3.05, 3.63) is 53.6 Å². The van der Waals surface area contributed by atoms with Crippen LogP contribution in [0.4, 0.5) is 0 Å². The van der Waals surface area contributed by atoms with Crippen molar-refractivity contribution in [1.29, 1.82) is 0 Å². The highest BCUT2D eigenvalue weighted by atomic mass is 16.5. The van der Waals surface area contributed by atoms with E-state index < -0.39 is 0 Å². The first-order valence-corrected chi connectivity index (χ1v) is 17.2. The lowest BCUT2D eigenvalue weighted by Gasteiger charge is -2.45. The fourth-order valence-corrected chi connectivity index (χ4v) is 6.98. The number of rotatable bonds is 16. The van der Waals surface area contributed by atoms with E-state index in [4.69, 9.17) is 24.7 Å². The monoisotopic (exact) mass is 666 g/mol. The molecule has 2 heterocycles. The smallest absolute Gasteiger partial charge is 0.254 e. The van der Waals surface area contributed by atoms with Crippen LogP contribution in [0.5, 0.6) is 17.2 Å². The molecule has 0 aromatic heterocycles. The second-order valence-electron chi connectivity index (χ2n) is 13.2. The largest absolute Gasteiger partial charge is 0.497 e. The van der Waals surface area contributed by atoms with Crippen molar-refractivity contribution < 1.29 is 33.3 Å². The van der Waals surface area contributed by atoms with Gasteiger partial charge in [-0.05, 0) is 81.3 Å². The quantitative estimate of drug-likeness (QED) is 0.260. The zero-order valence-electron chi connectivity index (χ0n) is 29.3. The van der Waals surface area contributed by atoms with Gasteiger partial charge in [0.1, 0.15) is 5.75 Å². The van der Waals surface area contributed by atoms with Gasteiger partial charge in [-0.1, -0.05) is 12.1 Å². The number of nitrogens with zero attached hydrogens (tertiary/aromatic N) is 3. The minimum atomic E-state index is -0.279. The Balaban J connectivity index is 1.51. The Labute approximate surface area is 285 Å². The van der Waals surface area contributed by atoms with E-state index in [1.54, 1.807) is 39.5 Å². The molecule has 2 aliphatic heterocycles. The number of amides is 3. The number of hydrogen-bond acceptors (Lipinski definition) is 8. The standard InChI is InChI=1S/C37H54N4O7/c1-26(2)41(37(44)29-9-14-33(47-5)34(22-29)48-20-6-19-45-3)31-11-10-30(40(25-31)24-28-7-12-32(46-4)13-8-28)23-36(43)39-17-15-27(16-18-39)21-35(38)42/h7-9,12-14,22,26-27,30-31H,6,10-11,15-21,23-25H2,1-5H3,(H2,38,42)/t30-,31+/m0/s1. The van der Waals surface area contributed by atoms with Crippen LogP contribution in [0.1, 0.15) is 74.7 Å². The van der Waals surface area contributed by atoms with Crippen molar-refractivity contribution in [2.75, 3.05) is 54.2 Å². The molecule has 0 saturated carbocycles. The molecule has 3 amide bonds. The summed E-state index contributed by atoms with van der Waals surface area (Å²) in [6.07, 6.45) is 4.70. The number of primary amides is 1. The van der Waals surface area contributed by atoms with Crippen molar-refractivity contribution in [3.8, 4) is 17.2 Å². The molecule has 0 bridgehead atoms. The molecular weight excluding hydrogens is 612 g/mol. The molecule has 2 saturated heterocycles. The molecule has 2 aliphatic rings. The third-order valence-electron chi connectivity index (χ3n) is 9.55. The summed E-state index contributed by atoms with van der Waals surface area (Å²) in [5.41, 5.74) is 7.08. The highest BCUT2D eigenvalue weighted by Gasteiger charge is 2.37. The first-order valence-electron chi connectivity index (χ1n) is 17.2. The van der Waals surface area contributed by atoms with Gasteiger partial charge in [0, 0.05) is 82.8 Å². The van der Waals surface area contributed by atoms with E-state index >= 15 is 0 Å². The van der Waals surface area contributed by atoms with E-state index in [0.717, 1.165) is 43.4 Å². The fourth-order valence-electron chi connectivity index (χ4n) is 6.98. The van der Waals surface area contributed by atoms with Crippen molar-refractivity contribution in [2.45, 2.75) is 83.5 Å². The molecule has 2 aromatic rings. The van der Waals surface area contributed by atoms with E-state index in [2.05, 4.69) is 30.9 Å². The number of carbonyl (C=O) groups is 3. The third-order valence-corrected chi connectivity index (χ3v) is 9.55. The van der Waals surface area contributed by atoms with Crippen LogP contribution in [-0.2, 0) is 20.9 Å². The molecule has 0 spiro atoms. The molecule has 0 aliphatic carbocycles. The van der Waals surface area contributed by atoms with E-state index in [-0.39, 0.29) is 41.8 Å². The summed E-state index contributed by atoms with van der Waals surface area (Å²) in [6.45, 7) is 7.74. The van der Waals surface area contributed by atoms with E-state index in [1.165, 1.54) is 0 Å². The summed E-state index contributed by atoms with van der Waals surface area (Å²) in [6, 6.07) is 13.3. The molecule has 2 atom stereocenters. The number of benzene rings is 2. The molecular formula is C37H54N4O7. The van der Waals surface area contributed by atoms with Gasteiger partial charge < -0.3 is 34.5 Å². The van der Waals surface area contributed by atoms with Crippen LogP contribution >= 0.6 is 0 Å². The van der Waals surface area contributed by atoms with Crippen molar-refractivity contribution in [3.63, 3.8) is 0 Å². The zero-order valence-corrected chi connectivity index (χ0v) is 29.3. The molecule has 0 unspecified atom stereocenters. The molecule has 2 N–H and O–H groups in total. The highest BCUT2D eigenvalue weighted by Crippen LogP contribution is 2.32. The summed E-state index contributed by atoms with van der Waals surface area (Å²) in [5, 5.41) is 0. The second kappa shape index (κ2) is 18.1. The Morgan fingerprint density at radius 2 is 1.62 bits per heavy atom. The Morgan fingerprint density at radius 1 is 0.896 bits per heavy atom. The maximum absolute atomic E-state index is 14.2. The average molecular weight is 667 g/mol. The second-order valence-corrected chi connectivity index (χ2v) is 13.2. The Kier molecular flexibility index (Phi) is 13.9. The van der Waals surface area contributed by atoms with Gasteiger partial charge in [0.2, 0.25) is 11.8 Å². The van der Waals surface area contributed by atoms with Crippen LogP contribution in [0.15, 0.2) is 42.5 Å². The van der Waals surface area contributed by atoms with Crippen LogP contribution in [-0.4, -0.2) is 105 Å². The van der Waals surface area contributed by atoms with Crippen LogP contribution < -0.4 is 19.9 Å². The Morgan fingerprint density at radius 3 is 2.25 bits per heavy atom. The van der Waals surface area contributed by atoms with Crippen LogP contribution in [0, 0.1) is 5.92 Å². The van der Waals surface area contributed by atoms with Gasteiger partial charge in [-0.25, -0.2) is 0 Å². The molecule has 0 radical (unpaired) electrons. The molecule has 48 heavy (non-hydrogen) atoms. The van der Waals surface area contributed by atoms with Gasteiger partial charge in [-0.15, -0.1) is 0 Å². The third kappa shape index (κ3) is 10.1. The predicted molar refractivity (Wildman–Crippen MR) is 184 cm³/mol. The number of nitrogens with two attached hydrogens (primary N) is 1. The van der Waals surface area contributed by atoms with Crippen LogP contribution in [0.3, 0.4) is 0 Å². The number of piperidine rings is 2. The maximum atomic E-state index is 14.2. The molecule has 11 heteroatoms. The minimum Gasteiger partial charge on any atom is -0.497 e. The summed E-state index contributed by atoms with van der Waals surface area (Å²) in [4.78, 5) is 45.5. The first kappa shape index (κ1) is 37.0. The van der Waals surface area contributed by atoms with E-state index in [1.807, 2.05) is 21.9 Å². The Hall–Kier alpha value is -3.83. The number of ether oxygens (including phenoxy) is 4. The lowest BCUT2D eigenvalue weighted by Crippen LogP contribution is -2.56. The van der Waals surface area contributed by atoms with Gasteiger partial charge in [0.05, 0.1) is 20.8 Å². The van der Waals surface area contributed by atoms with E-state index in [9.17, 15) is 14.4 Å². The van der Waals surface area contributed by atoms with Crippen molar-refractivity contribution in [2.24, 2.45) is 11.7 Å². The molecule has 2 fully saturated rings. The van der Waals surface area contributed by atoms with Crippen LogP contribution in [0.25, 0.3) is 0 Å². The number of likely N-dealkylation sites (tertiary alicyclic amines) is 2. The predicted octanol–water partition coefficient (Wildman–Crippen LogP) is 4.51. The summed E-state index contributed by atoms with van der Waals surface area (Å²) in [7, 11) is 4.90. The fraction of sp³-hybridized carbons (Fsp3) is 0.595. The van der Waals surface area contributed by atoms with Gasteiger partial charge in [-0.2, -0.15) is 0 Å². The summed E-state index contributed by atoms with van der Waals surface area (Å²) in [5.74, 6) is 1.95. The van der Waals surface area contributed by atoms with Crippen molar-refractivity contribution in [1.82, 2.24) is 14.7 Å². The van der Waals surface area contributed by atoms with Gasteiger partial charge >= 0.3 is 0 Å². The van der Waals surface area contributed by atoms with Gasteiger partial charge in [0.15, 0.2) is 11.5 Å². The van der Waals surface area contributed by atoms with Gasteiger partial charge in [0.25, 0.3) is 5.91 Å². The van der Waals surface area contributed by atoms with E-state index in [0.29, 0.717) is 69.3 Å². The molecule has 4 rings (SSSR count). The first-order chi connectivity index (χ1) is 23.1. The molecule has 264 valence electrons. The Bertz CT molecular complexity index is 1340. The van der Waals surface area contributed by atoms with Crippen LogP contribution in [0.2, 0.25) is 0 Å². The van der Waals surface area contributed by atoms with Crippen molar-refractivity contribution >= 4 is 17.7 Å². The number of carbonyl (C=O) groups excluding carboxylic acids is 3. The summed E-state index contributed by atoms with van der Waals surface area (Å²) >= 11 is 0. The lowest BCUT2D eigenvalue weighted by atomic mass is 9.91. The number of methoxy groups -OCH3 is 3. The average Bonchev–Trinajstić information content (AvgIpc) is 3.08. The number of hydrogen-bond donors (Lipinski definition) is 1. The minimum absolute atomic E-state index is 0.0383. The molecule has 11 nitrogen and oxygen atoms in total. The molecule has 2 aromatic carbocycles. The SMILES string of the molecule is COCCCOc1cc(C(=O)N(C(C)C)[C@@H]2CC[C@@H](CC(=O)N3CCC(CC(N)=O)CC3)N(Cc3ccc(OC)cc3)C2)ccc1OC. The normalized spacial score (nSPS) is 18.8. The topological polar surface area (TPSA) is 124 Å². The highest BCUT2D eigenvalue weighted by molar-refractivity contribution is 5.95.